The maximum atomic E-state index is 13.2. The molecule has 1 aromatic heterocycles. The molecule has 2 aromatic carbocycles. The zero-order valence-electron chi connectivity index (χ0n) is 18.8. The van der Waals surface area contributed by atoms with Gasteiger partial charge in [0.2, 0.25) is 11.2 Å². The molecule has 0 unspecified atom stereocenters. The minimum absolute atomic E-state index is 0.122. The van der Waals surface area contributed by atoms with Crippen molar-refractivity contribution in [2.75, 3.05) is 19.9 Å². The Morgan fingerprint density at radius 1 is 1.16 bits per heavy atom. The quantitative estimate of drug-likeness (QED) is 0.509. The van der Waals surface area contributed by atoms with Gasteiger partial charge >= 0.3 is 5.97 Å². The van der Waals surface area contributed by atoms with Crippen molar-refractivity contribution in [2.45, 2.75) is 34.2 Å². The summed E-state index contributed by atoms with van der Waals surface area (Å²) in [6.07, 6.45) is 0. The number of rotatable bonds is 6. The van der Waals surface area contributed by atoms with Crippen LogP contribution in [0.25, 0.3) is 11.0 Å². The zero-order chi connectivity index (χ0) is 22.8. The molecule has 32 heavy (non-hydrogen) atoms. The first-order chi connectivity index (χ1) is 15.4. The van der Waals surface area contributed by atoms with E-state index in [9.17, 15) is 9.59 Å². The number of fused-ring (bicyclic) bond motifs is 3. The van der Waals surface area contributed by atoms with Gasteiger partial charge in [0, 0.05) is 13.1 Å². The first-order valence-corrected chi connectivity index (χ1v) is 10.8. The lowest BCUT2D eigenvalue weighted by molar-refractivity contribution is 0.0526. The van der Waals surface area contributed by atoms with Crippen LogP contribution in [0.2, 0.25) is 0 Å². The lowest BCUT2D eigenvalue weighted by atomic mass is 10.1. The summed E-state index contributed by atoms with van der Waals surface area (Å²) in [7, 11) is 0. The molecule has 0 atom stereocenters. The van der Waals surface area contributed by atoms with E-state index in [-0.39, 0.29) is 11.2 Å². The highest BCUT2D eigenvalue weighted by atomic mass is 16.5. The molecule has 0 fully saturated rings. The molecule has 7 nitrogen and oxygen atoms in total. The van der Waals surface area contributed by atoms with Crippen molar-refractivity contribution in [3.8, 4) is 17.2 Å². The molecule has 0 radical (unpaired) electrons. The fourth-order valence-electron chi connectivity index (χ4n) is 3.85. The number of benzene rings is 2. The fourth-order valence-corrected chi connectivity index (χ4v) is 3.85. The van der Waals surface area contributed by atoms with Crippen LogP contribution in [0.15, 0.2) is 45.6 Å². The highest BCUT2D eigenvalue weighted by Gasteiger charge is 2.24. The van der Waals surface area contributed by atoms with Gasteiger partial charge in [-0.1, -0.05) is 13.8 Å². The third kappa shape index (κ3) is 4.34. The fraction of sp³-hybridized carbons (Fsp3) is 0.360. The average molecular weight is 437 g/mol. The Kier molecular flexibility index (Phi) is 6.19. The molecule has 0 saturated carbocycles. The third-order valence-corrected chi connectivity index (χ3v) is 5.24. The molecule has 0 amide bonds. The summed E-state index contributed by atoms with van der Waals surface area (Å²) in [6.45, 7) is 10.1. The lowest BCUT2D eigenvalue weighted by Crippen LogP contribution is -2.34. The number of nitrogens with zero attached hydrogens (tertiary/aromatic N) is 1. The SMILES string of the molecule is CCOC(=O)c1ccc(Oc2c(C)oc3c4c(ccc3c2=O)OCN(CC(C)C)C4)cc1. The Bertz CT molecular complexity index is 1200. The Morgan fingerprint density at radius 2 is 1.91 bits per heavy atom. The van der Waals surface area contributed by atoms with Gasteiger partial charge in [-0.25, -0.2) is 4.79 Å². The second-order valence-corrected chi connectivity index (χ2v) is 8.26. The lowest BCUT2D eigenvalue weighted by Gasteiger charge is -2.30. The molecule has 0 N–H and O–H groups in total. The molecular weight excluding hydrogens is 410 g/mol. The standard InChI is InChI=1S/C25H27NO6/c1-5-29-25(28)17-6-8-18(9-7-17)32-23-16(4)31-24-19(22(23)27)10-11-21-20(24)13-26(14-30-21)12-15(2)3/h6-11,15H,5,12-14H2,1-4H3. The molecule has 0 aliphatic carbocycles. The van der Waals surface area contributed by atoms with Crippen molar-refractivity contribution in [3.63, 3.8) is 0 Å². The van der Waals surface area contributed by atoms with E-state index in [0.717, 1.165) is 17.9 Å². The Morgan fingerprint density at radius 3 is 2.59 bits per heavy atom. The maximum absolute atomic E-state index is 13.2. The van der Waals surface area contributed by atoms with Crippen molar-refractivity contribution in [3.05, 3.63) is 63.5 Å². The smallest absolute Gasteiger partial charge is 0.338 e. The minimum Gasteiger partial charge on any atom is -0.478 e. The van der Waals surface area contributed by atoms with Crippen molar-refractivity contribution in [1.82, 2.24) is 4.90 Å². The van der Waals surface area contributed by atoms with Crippen molar-refractivity contribution in [2.24, 2.45) is 5.92 Å². The highest BCUT2D eigenvalue weighted by molar-refractivity contribution is 5.89. The molecule has 0 saturated heterocycles. The van der Waals surface area contributed by atoms with Crippen LogP contribution >= 0.6 is 0 Å². The minimum atomic E-state index is -0.404. The van der Waals surface area contributed by atoms with Crippen LogP contribution in [0.5, 0.6) is 17.2 Å². The molecule has 3 aromatic rings. The molecule has 7 heteroatoms. The van der Waals surface area contributed by atoms with E-state index in [1.807, 2.05) is 6.07 Å². The second kappa shape index (κ2) is 9.04. The predicted molar refractivity (Wildman–Crippen MR) is 120 cm³/mol. The van der Waals surface area contributed by atoms with Crippen LogP contribution in [0.4, 0.5) is 0 Å². The molecule has 168 valence electrons. The first-order valence-electron chi connectivity index (χ1n) is 10.8. The highest BCUT2D eigenvalue weighted by Crippen LogP contribution is 2.34. The Labute approximate surface area is 186 Å². The number of carbonyl (C=O) groups excluding carboxylic acids is 1. The summed E-state index contributed by atoms with van der Waals surface area (Å²) in [5.41, 5.74) is 1.57. The van der Waals surface area contributed by atoms with Crippen LogP contribution in [0.3, 0.4) is 0 Å². The third-order valence-electron chi connectivity index (χ3n) is 5.24. The van der Waals surface area contributed by atoms with Gasteiger partial charge in [0.15, 0.2) is 0 Å². The van der Waals surface area contributed by atoms with Gasteiger partial charge in [-0.2, -0.15) is 0 Å². The van der Waals surface area contributed by atoms with E-state index in [2.05, 4.69) is 18.7 Å². The van der Waals surface area contributed by atoms with E-state index in [1.54, 1.807) is 44.2 Å². The number of hydrogen-bond donors (Lipinski definition) is 0. The monoisotopic (exact) mass is 437 g/mol. The van der Waals surface area contributed by atoms with E-state index in [4.69, 9.17) is 18.6 Å². The summed E-state index contributed by atoms with van der Waals surface area (Å²) in [6, 6.07) is 9.98. The topological polar surface area (TPSA) is 78.2 Å². The number of esters is 1. The van der Waals surface area contributed by atoms with Crippen LogP contribution < -0.4 is 14.9 Å². The van der Waals surface area contributed by atoms with Crippen molar-refractivity contribution < 1.29 is 23.4 Å². The number of aryl methyl sites for hydroxylation is 1. The van der Waals surface area contributed by atoms with Crippen LogP contribution in [-0.4, -0.2) is 30.8 Å². The second-order valence-electron chi connectivity index (χ2n) is 8.26. The average Bonchev–Trinajstić information content (AvgIpc) is 2.76. The number of ether oxygens (including phenoxy) is 3. The van der Waals surface area contributed by atoms with Crippen molar-refractivity contribution >= 4 is 16.9 Å². The summed E-state index contributed by atoms with van der Waals surface area (Å²) in [5, 5.41) is 0.447. The number of hydrogen-bond acceptors (Lipinski definition) is 7. The molecule has 0 spiro atoms. The summed E-state index contributed by atoms with van der Waals surface area (Å²) in [4.78, 5) is 27.3. The van der Waals surface area contributed by atoms with Crippen molar-refractivity contribution in [1.29, 1.82) is 0 Å². The van der Waals surface area contributed by atoms with E-state index in [1.165, 1.54) is 0 Å². The van der Waals surface area contributed by atoms with Gasteiger partial charge in [0.1, 0.15) is 29.6 Å². The van der Waals surface area contributed by atoms with Crippen LogP contribution in [0, 0.1) is 12.8 Å². The van der Waals surface area contributed by atoms with Gasteiger partial charge < -0.3 is 18.6 Å². The molecule has 4 rings (SSSR count). The Balaban J connectivity index is 1.66. The van der Waals surface area contributed by atoms with E-state index in [0.29, 0.717) is 53.8 Å². The molecule has 1 aliphatic heterocycles. The molecular formula is C25H27NO6. The predicted octanol–water partition coefficient (Wildman–Crippen LogP) is 4.88. The maximum Gasteiger partial charge on any atom is 0.338 e. The number of carbonyl (C=O) groups is 1. The van der Waals surface area contributed by atoms with Gasteiger partial charge in [-0.15, -0.1) is 0 Å². The summed E-state index contributed by atoms with van der Waals surface area (Å²) >= 11 is 0. The van der Waals surface area contributed by atoms with Gasteiger partial charge in [-0.05, 0) is 56.2 Å². The molecule has 2 heterocycles. The largest absolute Gasteiger partial charge is 0.478 e. The molecule has 1 aliphatic rings. The molecule has 0 bridgehead atoms. The summed E-state index contributed by atoms with van der Waals surface area (Å²) in [5.74, 6) is 1.77. The summed E-state index contributed by atoms with van der Waals surface area (Å²) < 4.78 is 22.8. The van der Waals surface area contributed by atoms with Crippen LogP contribution in [0.1, 0.15) is 42.5 Å². The van der Waals surface area contributed by atoms with Gasteiger partial charge in [0.05, 0.1) is 23.1 Å². The van der Waals surface area contributed by atoms with Crippen LogP contribution in [-0.2, 0) is 11.3 Å². The first kappa shape index (κ1) is 21.9. The van der Waals surface area contributed by atoms with Gasteiger partial charge in [0.25, 0.3) is 0 Å². The van der Waals surface area contributed by atoms with Gasteiger partial charge in [-0.3, -0.25) is 9.69 Å². The van der Waals surface area contributed by atoms with E-state index >= 15 is 0 Å². The zero-order valence-corrected chi connectivity index (χ0v) is 18.8. The van der Waals surface area contributed by atoms with E-state index < -0.39 is 5.97 Å². The normalized spacial score (nSPS) is 13.7. The Hall–Kier alpha value is -3.32.